The number of hydrogen-bond acceptors (Lipinski definition) is 5. The molecule has 0 spiro atoms. The van der Waals surface area contributed by atoms with Gasteiger partial charge in [-0.2, -0.15) is 0 Å². The number of ether oxygens (including phenoxy) is 2. The molecule has 3 rings (SSSR count). The standard InChI is InChI=1S/C18H17NO5/c20-13-7-5-12(6-8-13)18(22)24-11-17(21)19-15-9-10-23-16-4-2-1-3-14(15)16/h1-8,15,20H,9-11H2,(H,19,21)/t15-/m1/s1. The summed E-state index contributed by atoms with van der Waals surface area (Å²) >= 11 is 0. The Morgan fingerprint density at radius 3 is 2.71 bits per heavy atom. The first-order valence-electron chi connectivity index (χ1n) is 7.61. The normalized spacial score (nSPS) is 15.8. The third kappa shape index (κ3) is 3.65. The quantitative estimate of drug-likeness (QED) is 0.841. The van der Waals surface area contributed by atoms with E-state index in [1.807, 2.05) is 24.3 Å². The summed E-state index contributed by atoms with van der Waals surface area (Å²) in [5.41, 5.74) is 1.19. The number of nitrogens with one attached hydrogen (secondary N) is 1. The Morgan fingerprint density at radius 2 is 1.92 bits per heavy atom. The predicted octanol–water partition coefficient (Wildman–Crippen LogP) is 2.19. The van der Waals surface area contributed by atoms with E-state index in [1.54, 1.807) is 0 Å². The number of phenolic OH excluding ortho intramolecular Hbond substituents is 1. The molecule has 1 amide bonds. The van der Waals surface area contributed by atoms with Crippen LogP contribution < -0.4 is 10.1 Å². The molecule has 2 aromatic rings. The molecular weight excluding hydrogens is 310 g/mol. The highest BCUT2D eigenvalue weighted by molar-refractivity contribution is 5.91. The van der Waals surface area contributed by atoms with E-state index in [4.69, 9.17) is 9.47 Å². The van der Waals surface area contributed by atoms with Crippen LogP contribution in [0.4, 0.5) is 0 Å². The predicted molar refractivity (Wildman–Crippen MR) is 85.8 cm³/mol. The van der Waals surface area contributed by atoms with Crippen LogP contribution >= 0.6 is 0 Å². The van der Waals surface area contributed by atoms with E-state index >= 15 is 0 Å². The molecule has 124 valence electrons. The van der Waals surface area contributed by atoms with Gasteiger partial charge < -0.3 is 19.9 Å². The zero-order chi connectivity index (χ0) is 16.9. The Morgan fingerprint density at radius 1 is 1.17 bits per heavy atom. The van der Waals surface area contributed by atoms with Crippen LogP contribution in [-0.2, 0) is 9.53 Å². The smallest absolute Gasteiger partial charge is 0.338 e. The van der Waals surface area contributed by atoms with Crippen molar-refractivity contribution in [2.24, 2.45) is 0 Å². The molecule has 0 saturated heterocycles. The van der Waals surface area contributed by atoms with Gasteiger partial charge in [-0.3, -0.25) is 4.79 Å². The van der Waals surface area contributed by atoms with Gasteiger partial charge in [0.15, 0.2) is 6.61 Å². The second-order valence-electron chi connectivity index (χ2n) is 5.42. The molecule has 6 nitrogen and oxygen atoms in total. The summed E-state index contributed by atoms with van der Waals surface area (Å²) in [6, 6.07) is 13.0. The molecular formula is C18H17NO5. The minimum Gasteiger partial charge on any atom is -0.508 e. The van der Waals surface area contributed by atoms with Gasteiger partial charge in [0.1, 0.15) is 11.5 Å². The highest BCUT2D eigenvalue weighted by Crippen LogP contribution is 2.31. The molecule has 0 aromatic heterocycles. The average molecular weight is 327 g/mol. The summed E-state index contributed by atoms with van der Waals surface area (Å²) in [6.07, 6.45) is 0.661. The van der Waals surface area contributed by atoms with E-state index in [0.717, 1.165) is 11.3 Å². The first-order chi connectivity index (χ1) is 11.6. The van der Waals surface area contributed by atoms with Gasteiger partial charge in [-0.15, -0.1) is 0 Å². The minimum absolute atomic E-state index is 0.0578. The van der Waals surface area contributed by atoms with Crippen molar-refractivity contribution in [1.29, 1.82) is 0 Å². The number of rotatable bonds is 4. The topological polar surface area (TPSA) is 84.9 Å². The molecule has 0 fully saturated rings. The van der Waals surface area contributed by atoms with Crippen molar-refractivity contribution < 1.29 is 24.2 Å². The maximum Gasteiger partial charge on any atom is 0.338 e. The number of carbonyl (C=O) groups excluding carboxylic acids is 2. The summed E-state index contributed by atoms with van der Waals surface area (Å²) in [5.74, 6) is -0.168. The van der Waals surface area contributed by atoms with Crippen molar-refractivity contribution in [2.45, 2.75) is 12.5 Å². The van der Waals surface area contributed by atoms with Crippen LogP contribution in [0.2, 0.25) is 0 Å². The van der Waals surface area contributed by atoms with Crippen molar-refractivity contribution in [3.8, 4) is 11.5 Å². The van der Waals surface area contributed by atoms with Crippen molar-refractivity contribution in [1.82, 2.24) is 5.32 Å². The lowest BCUT2D eigenvalue weighted by atomic mass is 10.0. The number of phenols is 1. The maximum absolute atomic E-state index is 12.0. The fourth-order valence-corrected chi connectivity index (χ4v) is 2.54. The van der Waals surface area contributed by atoms with Gasteiger partial charge >= 0.3 is 5.97 Å². The van der Waals surface area contributed by atoms with Crippen LogP contribution in [0.15, 0.2) is 48.5 Å². The van der Waals surface area contributed by atoms with Gasteiger partial charge in [0.2, 0.25) is 0 Å². The molecule has 0 bridgehead atoms. The molecule has 1 aliphatic rings. The summed E-state index contributed by atoms with van der Waals surface area (Å²) in [6.45, 7) is 0.161. The Balaban J connectivity index is 1.55. The minimum atomic E-state index is -0.613. The van der Waals surface area contributed by atoms with Gasteiger partial charge in [-0.05, 0) is 30.3 Å². The number of para-hydroxylation sites is 1. The fourth-order valence-electron chi connectivity index (χ4n) is 2.54. The second kappa shape index (κ2) is 7.04. The molecule has 6 heteroatoms. The zero-order valence-electron chi connectivity index (χ0n) is 12.9. The lowest BCUT2D eigenvalue weighted by Gasteiger charge is -2.26. The average Bonchev–Trinajstić information content (AvgIpc) is 2.61. The SMILES string of the molecule is O=C(COC(=O)c1ccc(O)cc1)N[C@@H]1CCOc2ccccc21. The van der Waals surface area contributed by atoms with E-state index in [-0.39, 0.29) is 29.9 Å². The van der Waals surface area contributed by atoms with E-state index in [2.05, 4.69) is 5.32 Å². The largest absolute Gasteiger partial charge is 0.508 e. The Hall–Kier alpha value is -3.02. The molecule has 24 heavy (non-hydrogen) atoms. The van der Waals surface area contributed by atoms with Gasteiger partial charge in [-0.1, -0.05) is 18.2 Å². The van der Waals surface area contributed by atoms with Crippen molar-refractivity contribution in [2.75, 3.05) is 13.2 Å². The van der Waals surface area contributed by atoms with E-state index in [9.17, 15) is 14.7 Å². The third-order valence-electron chi connectivity index (χ3n) is 3.73. The van der Waals surface area contributed by atoms with Gasteiger partial charge in [0.25, 0.3) is 5.91 Å². The van der Waals surface area contributed by atoms with E-state index < -0.39 is 5.97 Å². The van der Waals surface area contributed by atoms with Crippen LogP contribution in [0.3, 0.4) is 0 Å². The van der Waals surface area contributed by atoms with Gasteiger partial charge in [0, 0.05) is 12.0 Å². The highest BCUT2D eigenvalue weighted by Gasteiger charge is 2.23. The molecule has 0 aliphatic carbocycles. The molecule has 1 heterocycles. The summed E-state index contributed by atoms with van der Waals surface area (Å²) in [5, 5.41) is 12.0. The van der Waals surface area contributed by atoms with Crippen molar-refractivity contribution >= 4 is 11.9 Å². The summed E-state index contributed by atoms with van der Waals surface area (Å²) in [7, 11) is 0. The molecule has 2 N–H and O–H groups in total. The number of carbonyl (C=O) groups is 2. The number of aromatic hydroxyl groups is 1. The third-order valence-corrected chi connectivity index (χ3v) is 3.73. The van der Waals surface area contributed by atoms with Crippen LogP contribution in [0, 0.1) is 0 Å². The molecule has 0 unspecified atom stereocenters. The second-order valence-corrected chi connectivity index (χ2v) is 5.42. The van der Waals surface area contributed by atoms with Gasteiger partial charge in [0.05, 0.1) is 18.2 Å². The number of amides is 1. The zero-order valence-corrected chi connectivity index (χ0v) is 12.9. The lowest BCUT2D eigenvalue weighted by molar-refractivity contribution is -0.125. The molecule has 1 aliphatic heterocycles. The number of fused-ring (bicyclic) bond motifs is 1. The monoisotopic (exact) mass is 327 g/mol. The maximum atomic E-state index is 12.0. The highest BCUT2D eigenvalue weighted by atomic mass is 16.5. The molecule has 2 aromatic carbocycles. The Labute approximate surface area is 139 Å². The first-order valence-corrected chi connectivity index (χ1v) is 7.61. The van der Waals surface area contributed by atoms with Crippen LogP contribution in [-0.4, -0.2) is 30.2 Å². The number of hydrogen-bond donors (Lipinski definition) is 2. The van der Waals surface area contributed by atoms with E-state index in [0.29, 0.717) is 13.0 Å². The number of esters is 1. The van der Waals surface area contributed by atoms with Crippen LogP contribution in [0.25, 0.3) is 0 Å². The number of benzene rings is 2. The van der Waals surface area contributed by atoms with Crippen LogP contribution in [0.1, 0.15) is 28.4 Å². The molecule has 0 saturated carbocycles. The lowest BCUT2D eigenvalue weighted by Crippen LogP contribution is -2.35. The Bertz CT molecular complexity index is 741. The van der Waals surface area contributed by atoms with E-state index in [1.165, 1.54) is 24.3 Å². The summed E-state index contributed by atoms with van der Waals surface area (Å²) in [4.78, 5) is 23.9. The van der Waals surface area contributed by atoms with Crippen molar-refractivity contribution in [3.63, 3.8) is 0 Å². The van der Waals surface area contributed by atoms with Gasteiger partial charge in [-0.25, -0.2) is 4.79 Å². The summed E-state index contributed by atoms with van der Waals surface area (Å²) < 4.78 is 10.5. The van der Waals surface area contributed by atoms with Crippen LogP contribution in [0.5, 0.6) is 11.5 Å². The fraction of sp³-hybridized carbons (Fsp3) is 0.222. The van der Waals surface area contributed by atoms with Crippen molar-refractivity contribution in [3.05, 3.63) is 59.7 Å². The Kier molecular flexibility index (Phi) is 4.65. The molecule has 1 atom stereocenters. The first kappa shape index (κ1) is 15.9. The molecule has 0 radical (unpaired) electrons.